The lowest BCUT2D eigenvalue weighted by Gasteiger charge is -2.36. The molecule has 3 rings (SSSR count). The summed E-state index contributed by atoms with van der Waals surface area (Å²) in [6, 6.07) is 8.37. The number of aliphatic hydroxyl groups is 1. The number of hydrogen-bond acceptors (Lipinski definition) is 4. The molecule has 0 amide bonds. The van der Waals surface area contributed by atoms with Gasteiger partial charge in [0.2, 0.25) is 0 Å². The van der Waals surface area contributed by atoms with Crippen LogP contribution in [0.5, 0.6) is 5.75 Å². The van der Waals surface area contributed by atoms with Gasteiger partial charge in [-0.2, -0.15) is 0 Å². The monoisotopic (exact) mass is 289 g/mol. The van der Waals surface area contributed by atoms with E-state index in [-0.39, 0.29) is 11.9 Å². The summed E-state index contributed by atoms with van der Waals surface area (Å²) in [4.78, 5) is 2.50. The second-order valence-corrected chi connectivity index (χ2v) is 6.03. The van der Waals surface area contributed by atoms with Crippen molar-refractivity contribution in [1.82, 2.24) is 4.90 Å². The van der Waals surface area contributed by atoms with Crippen molar-refractivity contribution in [2.45, 2.75) is 43.9 Å². The molecule has 5 heteroatoms. The summed E-state index contributed by atoms with van der Waals surface area (Å²) in [6.45, 7) is 1.57. The van der Waals surface area contributed by atoms with Crippen molar-refractivity contribution in [2.75, 3.05) is 13.2 Å². The summed E-state index contributed by atoms with van der Waals surface area (Å²) in [5.74, 6) is 0.884. The Bertz CT molecular complexity index is 489. The minimum Gasteiger partial charge on any atom is -0.492 e. The highest BCUT2D eigenvalue weighted by molar-refractivity contribution is 5.94. The zero-order valence-corrected chi connectivity index (χ0v) is 12.2. The fraction of sp³-hybridized carbons (Fsp3) is 0.562. The number of fused-ring (bicyclic) bond motifs is 2. The Morgan fingerprint density at radius 1 is 1.24 bits per heavy atom. The van der Waals surface area contributed by atoms with Crippen LogP contribution in [-0.4, -0.2) is 47.2 Å². The summed E-state index contributed by atoms with van der Waals surface area (Å²) in [5, 5.41) is 17.2. The molecule has 114 valence electrons. The third-order valence-electron chi connectivity index (χ3n) is 4.64. The molecule has 0 aliphatic carbocycles. The maximum Gasteiger partial charge on any atom is 0.122 e. The number of aliphatic hydroxyl groups excluding tert-OH is 1. The van der Waals surface area contributed by atoms with E-state index >= 15 is 0 Å². The van der Waals surface area contributed by atoms with Crippen LogP contribution in [0.25, 0.3) is 0 Å². The van der Waals surface area contributed by atoms with Gasteiger partial charge in [0.1, 0.15) is 18.2 Å². The van der Waals surface area contributed by atoms with Gasteiger partial charge in [0.15, 0.2) is 0 Å². The average Bonchev–Trinajstić information content (AvgIpc) is 2.70. The fourth-order valence-electron chi connectivity index (χ4n) is 3.61. The first kappa shape index (κ1) is 14.4. The Kier molecular flexibility index (Phi) is 4.12. The molecule has 5 nitrogen and oxygen atoms in total. The van der Waals surface area contributed by atoms with E-state index in [9.17, 15) is 5.11 Å². The highest BCUT2D eigenvalue weighted by atomic mass is 16.5. The highest BCUT2D eigenvalue weighted by Crippen LogP contribution is 2.35. The molecule has 0 aromatic heterocycles. The quantitative estimate of drug-likeness (QED) is 0.564. The Morgan fingerprint density at radius 3 is 2.43 bits per heavy atom. The van der Waals surface area contributed by atoms with Gasteiger partial charge in [0, 0.05) is 24.2 Å². The number of nitrogens with zero attached hydrogens (tertiary/aromatic N) is 1. The summed E-state index contributed by atoms with van der Waals surface area (Å²) >= 11 is 0. The minimum absolute atomic E-state index is 0.0741. The van der Waals surface area contributed by atoms with Crippen molar-refractivity contribution in [2.24, 2.45) is 5.73 Å². The van der Waals surface area contributed by atoms with E-state index in [1.807, 2.05) is 12.1 Å². The summed E-state index contributed by atoms with van der Waals surface area (Å²) in [7, 11) is 0. The molecule has 1 aromatic carbocycles. The van der Waals surface area contributed by atoms with Crippen LogP contribution >= 0.6 is 0 Å². The zero-order valence-electron chi connectivity index (χ0n) is 12.2. The van der Waals surface area contributed by atoms with Gasteiger partial charge in [0.25, 0.3) is 0 Å². The van der Waals surface area contributed by atoms with Gasteiger partial charge >= 0.3 is 0 Å². The third kappa shape index (κ3) is 3.19. The van der Waals surface area contributed by atoms with Crippen LogP contribution in [0.3, 0.4) is 0 Å². The second kappa shape index (κ2) is 6.03. The molecule has 0 saturated carbocycles. The standard InChI is InChI=1S/C16H23N3O2/c17-16(18)11-1-5-15(6-2-11)21-8-7-19-12-3-4-13(19)10-14(20)9-12/h1-2,5-6,12-14,20H,3-4,7-10H2,(H3,17,18). The first-order chi connectivity index (χ1) is 10.1. The number of amidine groups is 1. The lowest BCUT2D eigenvalue weighted by Crippen LogP contribution is -2.46. The van der Waals surface area contributed by atoms with E-state index in [4.69, 9.17) is 15.9 Å². The molecule has 2 aliphatic heterocycles. The molecule has 2 saturated heterocycles. The van der Waals surface area contributed by atoms with E-state index < -0.39 is 0 Å². The van der Waals surface area contributed by atoms with Gasteiger partial charge in [-0.25, -0.2) is 0 Å². The Balaban J connectivity index is 1.49. The van der Waals surface area contributed by atoms with Gasteiger partial charge in [-0.15, -0.1) is 0 Å². The van der Waals surface area contributed by atoms with Crippen molar-refractivity contribution in [1.29, 1.82) is 5.41 Å². The number of hydrogen-bond donors (Lipinski definition) is 3. The molecule has 2 unspecified atom stereocenters. The van der Waals surface area contributed by atoms with E-state index in [0.717, 1.165) is 25.1 Å². The number of benzene rings is 1. The zero-order chi connectivity index (χ0) is 14.8. The number of piperidine rings is 1. The molecular formula is C16H23N3O2. The van der Waals surface area contributed by atoms with Crippen molar-refractivity contribution in [3.8, 4) is 5.75 Å². The van der Waals surface area contributed by atoms with Gasteiger partial charge < -0.3 is 15.6 Å². The minimum atomic E-state index is -0.112. The summed E-state index contributed by atoms with van der Waals surface area (Å²) in [6.07, 6.45) is 4.11. The number of nitrogens with two attached hydrogens (primary N) is 1. The molecule has 2 aliphatic rings. The van der Waals surface area contributed by atoms with Crippen LogP contribution < -0.4 is 10.5 Å². The predicted octanol–water partition coefficient (Wildman–Crippen LogP) is 1.34. The number of nitrogen functional groups attached to an aromatic ring is 1. The molecule has 21 heavy (non-hydrogen) atoms. The average molecular weight is 289 g/mol. The van der Waals surface area contributed by atoms with E-state index in [1.165, 1.54) is 12.8 Å². The van der Waals surface area contributed by atoms with Crippen LogP contribution in [0, 0.1) is 5.41 Å². The maximum atomic E-state index is 9.80. The van der Waals surface area contributed by atoms with E-state index in [1.54, 1.807) is 12.1 Å². The largest absolute Gasteiger partial charge is 0.492 e. The fourth-order valence-corrected chi connectivity index (χ4v) is 3.61. The molecule has 2 atom stereocenters. The molecule has 2 bridgehead atoms. The van der Waals surface area contributed by atoms with Gasteiger partial charge in [-0.3, -0.25) is 10.3 Å². The molecular weight excluding hydrogens is 266 g/mol. The topological polar surface area (TPSA) is 82.6 Å². The van der Waals surface area contributed by atoms with Crippen molar-refractivity contribution >= 4 is 5.84 Å². The number of rotatable bonds is 5. The van der Waals surface area contributed by atoms with Crippen molar-refractivity contribution in [3.63, 3.8) is 0 Å². The van der Waals surface area contributed by atoms with Crippen LogP contribution in [-0.2, 0) is 0 Å². The number of nitrogens with one attached hydrogen (secondary N) is 1. The van der Waals surface area contributed by atoms with Crippen LogP contribution in [0.2, 0.25) is 0 Å². The van der Waals surface area contributed by atoms with Gasteiger partial charge in [-0.05, 0) is 49.9 Å². The predicted molar refractivity (Wildman–Crippen MR) is 81.7 cm³/mol. The smallest absolute Gasteiger partial charge is 0.122 e. The highest BCUT2D eigenvalue weighted by Gasteiger charge is 2.39. The van der Waals surface area contributed by atoms with Crippen LogP contribution in [0.1, 0.15) is 31.2 Å². The first-order valence-corrected chi connectivity index (χ1v) is 7.64. The van der Waals surface area contributed by atoms with Crippen LogP contribution in [0.15, 0.2) is 24.3 Å². The molecule has 2 heterocycles. The molecule has 2 fully saturated rings. The molecule has 1 aromatic rings. The Hall–Kier alpha value is -1.59. The Morgan fingerprint density at radius 2 is 1.86 bits per heavy atom. The number of ether oxygens (including phenoxy) is 1. The van der Waals surface area contributed by atoms with Crippen LogP contribution in [0.4, 0.5) is 0 Å². The Labute approximate surface area is 125 Å². The SMILES string of the molecule is N=C(N)c1ccc(OCCN2C3CCC2CC(O)C3)cc1. The maximum absolute atomic E-state index is 9.80. The van der Waals surface area contributed by atoms with Crippen molar-refractivity contribution < 1.29 is 9.84 Å². The summed E-state index contributed by atoms with van der Waals surface area (Å²) < 4.78 is 5.78. The lowest BCUT2D eigenvalue weighted by molar-refractivity contribution is 0.0288. The third-order valence-corrected chi connectivity index (χ3v) is 4.64. The normalized spacial score (nSPS) is 28.5. The van der Waals surface area contributed by atoms with Crippen molar-refractivity contribution in [3.05, 3.63) is 29.8 Å². The van der Waals surface area contributed by atoms with Gasteiger partial charge in [-0.1, -0.05) is 0 Å². The lowest BCUT2D eigenvalue weighted by atomic mass is 10.0. The van der Waals surface area contributed by atoms with E-state index in [0.29, 0.717) is 24.3 Å². The van der Waals surface area contributed by atoms with E-state index in [2.05, 4.69) is 4.90 Å². The molecule has 0 spiro atoms. The molecule has 0 radical (unpaired) electrons. The first-order valence-electron chi connectivity index (χ1n) is 7.64. The summed E-state index contributed by atoms with van der Waals surface area (Å²) in [5.41, 5.74) is 6.14. The second-order valence-electron chi connectivity index (χ2n) is 6.03. The molecule has 4 N–H and O–H groups in total. The van der Waals surface area contributed by atoms with Gasteiger partial charge in [0.05, 0.1) is 6.10 Å².